The molecule has 0 saturated heterocycles. The molecule has 1 aliphatic carbocycles. The fourth-order valence-corrected chi connectivity index (χ4v) is 2.94. The van der Waals surface area contributed by atoms with Crippen LogP contribution in [-0.2, 0) is 11.2 Å². The largest absolute Gasteiger partial charge is 0.371 e. The molecule has 3 rings (SSSR count). The number of hydrogen-bond acceptors (Lipinski definition) is 1. The van der Waals surface area contributed by atoms with Crippen molar-refractivity contribution in [2.75, 3.05) is 6.61 Å². The Balaban J connectivity index is 2.00. The molecule has 0 radical (unpaired) electrons. The van der Waals surface area contributed by atoms with Crippen molar-refractivity contribution in [3.05, 3.63) is 59.7 Å². The van der Waals surface area contributed by atoms with Crippen LogP contribution >= 0.6 is 11.6 Å². The molecule has 0 N–H and O–H groups in total. The molecule has 0 saturated carbocycles. The minimum absolute atomic E-state index is 0.0321. The van der Waals surface area contributed by atoms with Crippen molar-refractivity contribution < 1.29 is 4.74 Å². The number of halogens is 1. The number of benzene rings is 1. The lowest BCUT2D eigenvalue weighted by atomic mass is 9.85. The highest BCUT2D eigenvalue weighted by Crippen LogP contribution is 2.43. The van der Waals surface area contributed by atoms with E-state index >= 15 is 0 Å². The van der Waals surface area contributed by atoms with Crippen LogP contribution in [0.25, 0.3) is 0 Å². The molecule has 2 aliphatic rings. The van der Waals surface area contributed by atoms with E-state index < -0.39 is 4.87 Å². The Morgan fingerprint density at radius 3 is 2.94 bits per heavy atom. The van der Waals surface area contributed by atoms with Gasteiger partial charge in [0.1, 0.15) is 6.10 Å². The highest BCUT2D eigenvalue weighted by atomic mass is 35.5. The van der Waals surface area contributed by atoms with E-state index in [0.717, 1.165) is 19.4 Å². The average Bonchev–Trinajstić information content (AvgIpc) is 2.39. The Morgan fingerprint density at radius 2 is 2.12 bits per heavy atom. The smallest absolute Gasteiger partial charge is 0.106 e. The molecule has 0 fully saturated rings. The Kier molecular flexibility index (Phi) is 2.81. The number of allylic oxidation sites excluding steroid dienone is 3. The molecule has 0 spiro atoms. The van der Waals surface area contributed by atoms with Gasteiger partial charge in [0.15, 0.2) is 0 Å². The third kappa shape index (κ3) is 1.94. The normalized spacial score (nSPS) is 31.2. The number of rotatable bonds is 1. The topological polar surface area (TPSA) is 9.23 Å². The van der Waals surface area contributed by atoms with E-state index in [1.54, 1.807) is 0 Å². The average molecular weight is 247 g/mol. The van der Waals surface area contributed by atoms with E-state index in [0.29, 0.717) is 0 Å². The molecule has 2 heteroatoms. The van der Waals surface area contributed by atoms with Gasteiger partial charge in [-0.15, -0.1) is 11.6 Å². The van der Waals surface area contributed by atoms with Crippen LogP contribution < -0.4 is 0 Å². The first kappa shape index (κ1) is 11.1. The second-order valence-electron chi connectivity index (χ2n) is 4.62. The molecule has 1 nitrogen and oxygen atoms in total. The van der Waals surface area contributed by atoms with E-state index in [-0.39, 0.29) is 6.10 Å². The molecule has 1 heterocycles. The molecule has 17 heavy (non-hydrogen) atoms. The molecule has 0 aromatic heterocycles. The second kappa shape index (κ2) is 4.32. The van der Waals surface area contributed by atoms with Crippen molar-refractivity contribution in [3.8, 4) is 0 Å². The van der Waals surface area contributed by atoms with Crippen molar-refractivity contribution in [1.29, 1.82) is 0 Å². The molecule has 1 aromatic carbocycles. The third-order valence-electron chi connectivity index (χ3n) is 3.48. The minimum atomic E-state index is -0.425. The van der Waals surface area contributed by atoms with Crippen LogP contribution in [0.3, 0.4) is 0 Å². The molecule has 88 valence electrons. The third-order valence-corrected chi connectivity index (χ3v) is 3.96. The highest BCUT2D eigenvalue weighted by molar-refractivity contribution is 6.26. The van der Waals surface area contributed by atoms with Crippen LogP contribution in [0.15, 0.2) is 48.6 Å². The summed E-state index contributed by atoms with van der Waals surface area (Å²) < 4.78 is 5.93. The van der Waals surface area contributed by atoms with Gasteiger partial charge in [0.25, 0.3) is 0 Å². The van der Waals surface area contributed by atoms with Crippen LogP contribution in [0.5, 0.6) is 0 Å². The van der Waals surface area contributed by atoms with Crippen LogP contribution in [0.2, 0.25) is 0 Å². The van der Waals surface area contributed by atoms with Gasteiger partial charge in [-0.2, -0.15) is 0 Å². The zero-order valence-electron chi connectivity index (χ0n) is 9.60. The summed E-state index contributed by atoms with van der Waals surface area (Å²) in [5.41, 5.74) is 2.61. The standard InChI is InChI=1S/C15H15ClO/c16-15(9-4-1-5-10-15)14-13-7-3-2-6-12(13)8-11-17-14/h1-7,9,14H,8,10-11H2. The summed E-state index contributed by atoms with van der Waals surface area (Å²) in [6, 6.07) is 8.45. The molecule has 0 bridgehead atoms. The SMILES string of the molecule is ClC1(C2OCCc3ccccc32)C=CC=CC1. The number of ether oxygens (including phenoxy) is 1. The maximum atomic E-state index is 6.72. The van der Waals surface area contributed by atoms with Gasteiger partial charge in [-0.3, -0.25) is 0 Å². The predicted molar refractivity (Wildman–Crippen MR) is 70.3 cm³/mol. The zero-order chi connectivity index (χ0) is 11.7. The van der Waals surface area contributed by atoms with Gasteiger partial charge < -0.3 is 4.74 Å². The quantitative estimate of drug-likeness (QED) is 0.685. The van der Waals surface area contributed by atoms with E-state index in [2.05, 4.69) is 36.4 Å². The molecule has 0 amide bonds. The van der Waals surface area contributed by atoms with Crippen LogP contribution in [0, 0.1) is 0 Å². The van der Waals surface area contributed by atoms with Crippen LogP contribution in [0.4, 0.5) is 0 Å². The second-order valence-corrected chi connectivity index (χ2v) is 5.32. The lowest BCUT2D eigenvalue weighted by Crippen LogP contribution is -2.34. The molecular weight excluding hydrogens is 232 g/mol. The lowest BCUT2D eigenvalue weighted by molar-refractivity contribution is 0.0234. The fourth-order valence-electron chi connectivity index (χ4n) is 2.60. The number of alkyl halides is 1. The molecule has 1 aromatic rings. The monoisotopic (exact) mass is 246 g/mol. The van der Waals surface area contributed by atoms with Gasteiger partial charge in [0, 0.05) is 0 Å². The summed E-state index contributed by atoms with van der Waals surface area (Å²) in [6.45, 7) is 0.758. The van der Waals surface area contributed by atoms with Crippen molar-refractivity contribution in [3.63, 3.8) is 0 Å². The van der Waals surface area contributed by atoms with Gasteiger partial charge in [-0.1, -0.05) is 48.6 Å². The van der Waals surface area contributed by atoms with Crippen molar-refractivity contribution in [2.24, 2.45) is 0 Å². The highest BCUT2D eigenvalue weighted by Gasteiger charge is 2.38. The molecule has 2 atom stereocenters. The molecular formula is C15H15ClO. The Labute approximate surface area is 107 Å². The first-order valence-corrected chi connectivity index (χ1v) is 6.40. The van der Waals surface area contributed by atoms with Gasteiger partial charge in [-0.25, -0.2) is 0 Å². The first-order chi connectivity index (χ1) is 8.30. The molecule has 1 aliphatic heterocycles. The van der Waals surface area contributed by atoms with E-state index in [4.69, 9.17) is 16.3 Å². The summed E-state index contributed by atoms with van der Waals surface area (Å²) >= 11 is 6.72. The summed E-state index contributed by atoms with van der Waals surface area (Å²) in [5, 5.41) is 0. The Bertz CT molecular complexity index is 478. The molecule has 2 unspecified atom stereocenters. The predicted octanol–water partition coefficient (Wildman–Crippen LogP) is 3.79. The van der Waals surface area contributed by atoms with Gasteiger partial charge in [0.05, 0.1) is 11.5 Å². The van der Waals surface area contributed by atoms with Gasteiger partial charge in [0.2, 0.25) is 0 Å². The van der Waals surface area contributed by atoms with Crippen LogP contribution in [0.1, 0.15) is 23.7 Å². The fraction of sp³-hybridized carbons (Fsp3) is 0.333. The Morgan fingerprint density at radius 1 is 1.24 bits per heavy atom. The summed E-state index contributed by atoms with van der Waals surface area (Å²) in [4.78, 5) is -0.425. The maximum Gasteiger partial charge on any atom is 0.106 e. The van der Waals surface area contributed by atoms with E-state index in [1.165, 1.54) is 11.1 Å². The first-order valence-electron chi connectivity index (χ1n) is 6.02. The summed E-state index contributed by atoms with van der Waals surface area (Å²) in [7, 11) is 0. The maximum absolute atomic E-state index is 6.72. The van der Waals surface area contributed by atoms with E-state index in [9.17, 15) is 0 Å². The van der Waals surface area contributed by atoms with Crippen molar-refractivity contribution in [1.82, 2.24) is 0 Å². The van der Waals surface area contributed by atoms with Crippen molar-refractivity contribution >= 4 is 11.6 Å². The lowest BCUT2D eigenvalue weighted by Gasteiger charge is -2.37. The van der Waals surface area contributed by atoms with Gasteiger partial charge >= 0.3 is 0 Å². The van der Waals surface area contributed by atoms with Gasteiger partial charge in [-0.05, 0) is 24.0 Å². The zero-order valence-corrected chi connectivity index (χ0v) is 10.4. The number of fused-ring (bicyclic) bond motifs is 1. The number of hydrogen-bond donors (Lipinski definition) is 0. The summed E-state index contributed by atoms with van der Waals surface area (Å²) in [6.07, 6.45) is 9.99. The van der Waals surface area contributed by atoms with Crippen LogP contribution in [-0.4, -0.2) is 11.5 Å². The van der Waals surface area contributed by atoms with Crippen molar-refractivity contribution in [2.45, 2.75) is 23.8 Å². The summed E-state index contributed by atoms with van der Waals surface area (Å²) in [5.74, 6) is 0. The Hall–Kier alpha value is -1.05. The minimum Gasteiger partial charge on any atom is -0.371 e. The van der Waals surface area contributed by atoms with E-state index in [1.807, 2.05) is 12.2 Å².